The van der Waals surface area contributed by atoms with Crippen molar-refractivity contribution in [3.8, 4) is 5.69 Å². The van der Waals surface area contributed by atoms with E-state index >= 15 is 0 Å². The maximum Gasteiger partial charge on any atom is 0.227 e. The number of likely N-dealkylation sites (N-methyl/N-ethyl adjacent to an activating group) is 1. The van der Waals surface area contributed by atoms with Crippen molar-refractivity contribution in [2.24, 2.45) is 5.92 Å². The van der Waals surface area contributed by atoms with Gasteiger partial charge < -0.3 is 14.7 Å². The minimum Gasteiger partial charge on any atom is -0.354 e. The number of amides is 1. The molecule has 2 aromatic carbocycles. The molecule has 0 unspecified atom stereocenters. The van der Waals surface area contributed by atoms with E-state index in [1.165, 1.54) is 24.3 Å². The summed E-state index contributed by atoms with van der Waals surface area (Å²) in [5, 5.41) is 4.84. The molecule has 0 spiro atoms. The van der Waals surface area contributed by atoms with Crippen molar-refractivity contribution >= 4 is 11.7 Å². The lowest BCUT2D eigenvalue weighted by Gasteiger charge is -2.36. The molecule has 0 saturated carbocycles. The molecule has 1 saturated heterocycles. The first-order chi connectivity index (χ1) is 17.7. The van der Waals surface area contributed by atoms with Crippen molar-refractivity contribution in [3.63, 3.8) is 0 Å². The Bertz CT molecular complexity index is 1200. The van der Waals surface area contributed by atoms with Gasteiger partial charge in [-0.25, -0.2) is 13.5 Å². The van der Waals surface area contributed by atoms with Gasteiger partial charge in [-0.05, 0) is 55.3 Å². The Labute approximate surface area is 218 Å². The summed E-state index contributed by atoms with van der Waals surface area (Å²) < 4.78 is 29.4. The highest BCUT2D eigenvalue weighted by molar-refractivity contribution is 5.79. The van der Waals surface area contributed by atoms with E-state index in [0.29, 0.717) is 18.8 Å². The number of halogens is 2. The summed E-state index contributed by atoms with van der Waals surface area (Å²) in [5.41, 5.74) is 3.24. The molecule has 2 heterocycles. The second-order valence-corrected chi connectivity index (χ2v) is 10.2. The summed E-state index contributed by atoms with van der Waals surface area (Å²) >= 11 is 0. The molecule has 198 valence electrons. The smallest absolute Gasteiger partial charge is 0.227 e. The van der Waals surface area contributed by atoms with E-state index in [1.54, 1.807) is 18.2 Å². The zero-order chi connectivity index (χ0) is 26.5. The van der Waals surface area contributed by atoms with Crippen LogP contribution < -0.4 is 4.90 Å². The molecular weight excluding hydrogens is 472 g/mol. The number of piperazine rings is 1. The molecule has 8 heteroatoms. The summed E-state index contributed by atoms with van der Waals surface area (Å²) in [7, 11) is 0. The molecule has 1 aromatic heterocycles. The first-order valence-corrected chi connectivity index (χ1v) is 13.1. The Hall–Kier alpha value is -3.26. The summed E-state index contributed by atoms with van der Waals surface area (Å²) in [5.74, 6) is 0.544. The van der Waals surface area contributed by atoms with Gasteiger partial charge in [-0.15, -0.1) is 0 Å². The van der Waals surface area contributed by atoms with Crippen LogP contribution in [0.25, 0.3) is 5.69 Å². The second kappa shape index (κ2) is 11.9. The Morgan fingerprint density at radius 1 is 1.03 bits per heavy atom. The van der Waals surface area contributed by atoms with Gasteiger partial charge in [-0.2, -0.15) is 5.10 Å². The van der Waals surface area contributed by atoms with Gasteiger partial charge in [0.25, 0.3) is 0 Å². The zero-order valence-electron chi connectivity index (χ0n) is 22.3. The number of rotatable bonds is 9. The molecule has 1 aliphatic rings. The van der Waals surface area contributed by atoms with Crippen LogP contribution in [0.3, 0.4) is 0 Å². The highest BCUT2D eigenvalue weighted by Crippen LogP contribution is 2.30. The monoisotopic (exact) mass is 509 g/mol. The van der Waals surface area contributed by atoms with Crippen molar-refractivity contribution in [2.45, 2.75) is 40.7 Å². The number of anilines is 1. The number of hydrogen-bond donors (Lipinski definition) is 0. The fourth-order valence-electron chi connectivity index (χ4n) is 4.90. The molecule has 3 aromatic rings. The Morgan fingerprint density at radius 2 is 1.73 bits per heavy atom. The van der Waals surface area contributed by atoms with Crippen molar-refractivity contribution in [1.29, 1.82) is 0 Å². The fourth-order valence-corrected chi connectivity index (χ4v) is 4.90. The summed E-state index contributed by atoms with van der Waals surface area (Å²) in [6, 6.07) is 12.6. The van der Waals surface area contributed by atoms with Gasteiger partial charge in [-0.3, -0.25) is 4.79 Å². The van der Waals surface area contributed by atoms with Crippen LogP contribution in [0.4, 0.5) is 14.6 Å². The highest BCUT2D eigenvalue weighted by atomic mass is 19.1. The van der Waals surface area contributed by atoms with E-state index in [2.05, 4.69) is 30.6 Å². The van der Waals surface area contributed by atoms with Gasteiger partial charge in [0.15, 0.2) is 0 Å². The second-order valence-electron chi connectivity index (χ2n) is 10.2. The van der Waals surface area contributed by atoms with E-state index in [-0.39, 0.29) is 29.9 Å². The molecule has 4 rings (SSSR count). The predicted molar refractivity (Wildman–Crippen MR) is 143 cm³/mol. The largest absolute Gasteiger partial charge is 0.354 e. The van der Waals surface area contributed by atoms with Gasteiger partial charge in [0, 0.05) is 38.3 Å². The molecule has 1 aliphatic heterocycles. The van der Waals surface area contributed by atoms with E-state index < -0.39 is 0 Å². The molecule has 1 fully saturated rings. The molecule has 0 aliphatic carbocycles. The van der Waals surface area contributed by atoms with Gasteiger partial charge >= 0.3 is 0 Å². The molecule has 6 nitrogen and oxygen atoms in total. The predicted octanol–water partition coefficient (Wildman–Crippen LogP) is 4.83. The molecule has 0 N–H and O–H groups in total. The number of carbonyl (C=O) groups excluding carboxylic acids is 1. The van der Waals surface area contributed by atoms with Gasteiger partial charge in [-0.1, -0.05) is 39.0 Å². The SMILES string of the molecule is CCN1CCN(c2c(CN(CC(C)C)C(=O)Cc3ccc(F)cc3)c(C)nn2-c2cccc(F)c2)CC1. The van der Waals surface area contributed by atoms with E-state index in [9.17, 15) is 13.6 Å². The van der Waals surface area contributed by atoms with Crippen LogP contribution in [0.5, 0.6) is 0 Å². The lowest BCUT2D eigenvalue weighted by molar-refractivity contribution is -0.131. The van der Waals surface area contributed by atoms with E-state index in [4.69, 9.17) is 5.10 Å². The van der Waals surface area contributed by atoms with Crippen LogP contribution >= 0.6 is 0 Å². The normalized spacial score (nSPS) is 14.4. The molecular formula is C29H37F2N5O. The summed E-state index contributed by atoms with van der Waals surface area (Å²) in [6.07, 6.45) is 0.203. The third-order valence-corrected chi connectivity index (χ3v) is 6.88. The molecule has 37 heavy (non-hydrogen) atoms. The van der Waals surface area contributed by atoms with Gasteiger partial charge in [0.1, 0.15) is 17.5 Å². The summed E-state index contributed by atoms with van der Waals surface area (Å²) in [6.45, 7) is 13.8. The van der Waals surface area contributed by atoms with Gasteiger partial charge in [0.05, 0.1) is 24.3 Å². The first kappa shape index (κ1) is 26.8. The van der Waals surface area contributed by atoms with Crippen LogP contribution in [0, 0.1) is 24.5 Å². The highest BCUT2D eigenvalue weighted by Gasteiger charge is 2.28. The quantitative estimate of drug-likeness (QED) is 0.415. The van der Waals surface area contributed by atoms with Gasteiger partial charge in [0.2, 0.25) is 5.91 Å². The van der Waals surface area contributed by atoms with Crippen molar-refractivity contribution in [2.75, 3.05) is 44.2 Å². The standard InChI is InChI=1S/C29H37F2N5O/c1-5-33-13-15-34(16-14-33)29-27(22(4)32-36(29)26-8-6-7-25(31)18-26)20-35(19-21(2)3)28(37)17-23-9-11-24(30)12-10-23/h6-12,18,21H,5,13-17,19-20H2,1-4H3. The topological polar surface area (TPSA) is 44.6 Å². The number of aromatic nitrogens is 2. The molecule has 0 radical (unpaired) electrons. The van der Waals surface area contributed by atoms with E-state index in [0.717, 1.165) is 55.4 Å². The van der Waals surface area contributed by atoms with Crippen LogP contribution in [-0.4, -0.2) is 64.8 Å². The number of benzene rings is 2. The maximum absolute atomic E-state index is 14.2. The van der Waals surface area contributed by atoms with E-state index in [1.807, 2.05) is 22.6 Å². The number of carbonyl (C=O) groups is 1. The first-order valence-electron chi connectivity index (χ1n) is 13.1. The minimum atomic E-state index is -0.316. The van der Waals surface area contributed by atoms with Crippen LogP contribution in [0.1, 0.15) is 37.6 Å². The minimum absolute atomic E-state index is 0.0139. The Balaban J connectivity index is 1.69. The number of hydrogen-bond acceptors (Lipinski definition) is 4. The Morgan fingerprint density at radius 3 is 2.35 bits per heavy atom. The van der Waals surface area contributed by atoms with Crippen molar-refractivity contribution < 1.29 is 13.6 Å². The number of nitrogens with zero attached hydrogens (tertiary/aromatic N) is 5. The van der Waals surface area contributed by atoms with Crippen LogP contribution in [-0.2, 0) is 17.8 Å². The Kier molecular flexibility index (Phi) is 8.59. The maximum atomic E-state index is 14.2. The molecule has 0 bridgehead atoms. The molecule has 0 atom stereocenters. The van der Waals surface area contributed by atoms with Crippen molar-refractivity contribution in [1.82, 2.24) is 19.6 Å². The third-order valence-electron chi connectivity index (χ3n) is 6.88. The van der Waals surface area contributed by atoms with Crippen LogP contribution in [0.2, 0.25) is 0 Å². The fraction of sp³-hybridized carbons (Fsp3) is 0.448. The lowest BCUT2D eigenvalue weighted by Crippen LogP contribution is -2.47. The summed E-state index contributed by atoms with van der Waals surface area (Å²) in [4.78, 5) is 20.1. The zero-order valence-corrected chi connectivity index (χ0v) is 22.3. The third kappa shape index (κ3) is 6.55. The average Bonchev–Trinajstić information content (AvgIpc) is 3.20. The lowest BCUT2D eigenvalue weighted by atomic mass is 10.1. The van der Waals surface area contributed by atoms with Crippen molar-refractivity contribution in [3.05, 3.63) is 77.0 Å². The molecule has 1 amide bonds. The average molecular weight is 510 g/mol. The van der Waals surface area contributed by atoms with Crippen LogP contribution in [0.15, 0.2) is 48.5 Å². The number of aryl methyl sites for hydroxylation is 1.